The Morgan fingerprint density at radius 3 is 2.52 bits per heavy atom. The monoisotopic (exact) mass is 465 g/mol. The molecule has 170 valence electrons. The predicted molar refractivity (Wildman–Crippen MR) is 124 cm³/mol. The maximum Gasteiger partial charge on any atom is 0.243 e. The van der Waals surface area contributed by atoms with Crippen molar-refractivity contribution in [1.82, 2.24) is 23.7 Å². The number of hydrogen-bond acceptors (Lipinski definition) is 5. The zero-order valence-corrected chi connectivity index (χ0v) is 19.0. The number of piperazine rings is 1. The highest BCUT2D eigenvalue weighted by atomic mass is 32.2. The van der Waals surface area contributed by atoms with Crippen LogP contribution in [0.15, 0.2) is 71.8 Å². The molecule has 2 aromatic heterocycles. The van der Waals surface area contributed by atoms with Crippen LogP contribution in [-0.2, 0) is 16.6 Å². The van der Waals surface area contributed by atoms with Gasteiger partial charge in [0.1, 0.15) is 17.2 Å². The van der Waals surface area contributed by atoms with Gasteiger partial charge < -0.3 is 0 Å². The molecule has 0 unspecified atom stereocenters. The van der Waals surface area contributed by atoms with Gasteiger partial charge in [0.25, 0.3) is 0 Å². The molecule has 1 fully saturated rings. The van der Waals surface area contributed by atoms with Crippen LogP contribution >= 0.6 is 0 Å². The fourth-order valence-electron chi connectivity index (χ4n) is 4.20. The van der Waals surface area contributed by atoms with Gasteiger partial charge in [-0.15, -0.1) is 0 Å². The van der Waals surface area contributed by atoms with E-state index in [0.717, 1.165) is 16.9 Å². The standard InChI is InChI=1S/C24H24FN5O2S/c1-18-5-2-8-21(15-18)33(31,32)29-13-11-28(12-14-29)17-23-27-22-9-4-10-26-24(22)30(23)20-7-3-6-19(25)16-20/h2-10,15-16H,11-14,17H2,1H3. The van der Waals surface area contributed by atoms with Crippen molar-refractivity contribution in [2.24, 2.45) is 0 Å². The molecule has 2 aromatic carbocycles. The first-order valence-corrected chi connectivity index (χ1v) is 12.2. The summed E-state index contributed by atoms with van der Waals surface area (Å²) in [5, 5.41) is 0. The van der Waals surface area contributed by atoms with E-state index in [1.807, 2.05) is 35.8 Å². The summed E-state index contributed by atoms with van der Waals surface area (Å²) in [6.45, 7) is 4.33. The van der Waals surface area contributed by atoms with Crippen molar-refractivity contribution < 1.29 is 12.8 Å². The quantitative estimate of drug-likeness (QED) is 0.452. The Hall–Kier alpha value is -3.14. The number of rotatable bonds is 5. The number of aryl methyl sites for hydroxylation is 1. The zero-order valence-electron chi connectivity index (χ0n) is 18.2. The molecule has 0 spiro atoms. The van der Waals surface area contributed by atoms with Crippen LogP contribution in [0.25, 0.3) is 16.9 Å². The van der Waals surface area contributed by atoms with E-state index in [9.17, 15) is 12.8 Å². The minimum Gasteiger partial charge on any atom is -0.293 e. The molecule has 0 bridgehead atoms. The summed E-state index contributed by atoms with van der Waals surface area (Å²) in [5.74, 6) is 0.412. The van der Waals surface area contributed by atoms with Crippen LogP contribution in [0.3, 0.4) is 0 Å². The molecule has 1 aliphatic rings. The molecule has 0 atom stereocenters. The lowest BCUT2D eigenvalue weighted by Gasteiger charge is -2.33. The summed E-state index contributed by atoms with van der Waals surface area (Å²) in [5.41, 5.74) is 2.97. The van der Waals surface area contributed by atoms with E-state index in [1.165, 1.54) is 16.4 Å². The molecule has 33 heavy (non-hydrogen) atoms. The maximum atomic E-state index is 13.9. The van der Waals surface area contributed by atoms with Gasteiger partial charge in [0.2, 0.25) is 10.0 Å². The van der Waals surface area contributed by atoms with Crippen LogP contribution in [0.1, 0.15) is 11.4 Å². The fraction of sp³-hybridized carbons (Fsp3) is 0.250. The number of nitrogens with zero attached hydrogens (tertiary/aromatic N) is 5. The Morgan fingerprint density at radius 2 is 1.76 bits per heavy atom. The molecule has 0 saturated carbocycles. The summed E-state index contributed by atoms with van der Waals surface area (Å²) < 4.78 is 43.4. The molecule has 9 heteroatoms. The van der Waals surface area contributed by atoms with Gasteiger partial charge in [-0.05, 0) is 55.0 Å². The number of benzene rings is 2. The van der Waals surface area contributed by atoms with Gasteiger partial charge in [0.05, 0.1) is 17.1 Å². The topological polar surface area (TPSA) is 71.3 Å². The van der Waals surface area contributed by atoms with Crippen molar-refractivity contribution in [3.8, 4) is 5.69 Å². The molecule has 1 aliphatic heterocycles. The second-order valence-electron chi connectivity index (χ2n) is 8.19. The lowest BCUT2D eigenvalue weighted by Crippen LogP contribution is -2.48. The number of hydrogen-bond donors (Lipinski definition) is 0. The van der Waals surface area contributed by atoms with E-state index in [4.69, 9.17) is 4.98 Å². The van der Waals surface area contributed by atoms with E-state index in [-0.39, 0.29) is 5.82 Å². The molecular formula is C24H24FN5O2S. The zero-order chi connectivity index (χ0) is 23.0. The second-order valence-corrected chi connectivity index (χ2v) is 10.1. The van der Waals surface area contributed by atoms with E-state index in [0.29, 0.717) is 49.0 Å². The van der Waals surface area contributed by atoms with Crippen molar-refractivity contribution in [3.63, 3.8) is 0 Å². The van der Waals surface area contributed by atoms with Crippen molar-refractivity contribution in [2.45, 2.75) is 18.4 Å². The SMILES string of the molecule is Cc1cccc(S(=O)(=O)N2CCN(Cc3nc4cccnc4n3-c3cccc(F)c3)CC2)c1. The minimum absolute atomic E-state index is 0.328. The predicted octanol–water partition coefficient (Wildman–Crippen LogP) is 3.37. The average molecular weight is 466 g/mol. The van der Waals surface area contributed by atoms with Gasteiger partial charge in [-0.25, -0.2) is 22.8 Å². The molecule has 7 nitrogen and oxygen atoms in total. The highest BCUT2D eigenvalue weighted by Gasteiger charge is 2.29. The molecule has 5 rings (SSSR count). The number of fused-ring (bicyclic) bond motifs is 1. The molecule has 0 aliphatic carbocycles. The van der Waals surface area contributed by atoms with E-state index in [2.05, 4.69) is 9.88 Å². The summed E-state index contributed by atoms with van der Waals surface area (Å²) in [6.07, 6.45) is 1.69. The number of pyridine rings is 1. The van der Waals surface area contributed by atoms with Crippen molar-refractivity contribution >= 4 is 21.2 Å². The van der Waals surface area contributed by atoms with Gasteiger partial charge >= 0.3 is 0 Å². The number of sulfonamides is 1. The molecule has 1 saturated heterocycles. The number of aromatic nitrogens is 3. The van der Waals surface area contributed by atoms with Gasteiger partial charge in [0, 0.05) is 32.4 Å². The van der Waals surface area contributed by atoms with Gasteiger partial charge in [-0.1, -0.05) is 18.2 Å². The van der Waals surface area contributed by atoms with Crippen LogP contribution in [0.5, 0.6) is 0 Å². The first-order chi connectivity index (χ1) is 15.9. The maximum absolute atomic E-state index is 13.9. The van der Waals surface area contributed by atoms with Crippen LogP contribution in [0, 0.1) is 12.7 Å². The van der Waals surface area contributed by atoms with E-state index in [1.54, 1.807) is 30.5 Å². The summed E-state index contributed by atoms with van der Waals surface area (Å²) >= 11 is 0. The Balaban J connectivity index is 1.37. The number of imidazole rings is 1. The fourth-order valence-corrected chi connectivity index (χ4v) is 5.73. The minimum atomic E-state index is -3.52. The highest BCUT2D eigenvalue weighted by Crippen LogP contribution is 2.23. The van der Waals surface area contributed by atoms with Crippen LogP contribution in [0.4, 0.5) is 4.39 Å². The van der Waals surface area contributed by atoms with E-state index >= 15 is 0 Å². The largest absolute Gasteiger partial charge is 0.293 e. The lowest BCUT2D eigenvalue weighted by atomic mass is 10.2. The number of halogens is 1. The van der Waals surface area contributed by atoms with Crippen LogP contribution in [0.2, 0.25) is 0 Å². The first-order valence-electron chi connectivity index (χ1n) is 10.8. The molecule has 0 radical (unpaired) electrons. The molecule has 4 aromatic rings. The molecule has 0 amide bonds. The third kappa shape index (κ3) is 4.27. The first kappa shape index (κ1) is 21.7. The third-order valence-corrected chi connectivity index (χ3v) is 7.77. The lowest BCUT2D eigenvalue weighted by molar-refractivity contribution is 0.177. The molecular weight excluding hydrogens is 441 g/mol. The summed E-state index contributed by atoms with van der Waals surface area (Å²) in [4.78, 5) is 11.7. The van der Waals surface area contributed by atoms with Gasteiger partial charge in [0.15, 0.2) is 5.65 Å². The third-order valence-electron chi connectivity index (χ3n) is 5.88. The van der Waals surface area contributed by atoms with Crippen LogP contribution in [-0.4, -0.2) is 58.3 Å². The van der Waals surface area contributed by atoms with Crippen molar-refractivity contribution in [1.29, 1.82) is 0 Å². The Labute approximate surface area is 192 Å². The Bertz CT molecular complexity index is 1410. The van der Waals surface area contributed by atoms with Gasteiger partial charge in [-0.3, -0.25) is 9.47 Å². The highest BCUT2D eigenvalue weighted by molar-refractivity contribution is 7.89. The average Bonchev–Trinajstić information content (AvgIpc) is 3.17. The summed E-state index contributed by atoms with van der Waals surface area (Å²) in [6, 6.07) is 17.1. The van der Waals surface area contributed by atoms with Gasteiger partial charge in [-0.2, -0.15) is 4.31 Å². The Morgan fingerprint density at radius 1 is 0.970 bits per heavy atom. The van der Waals surface area contributed by atoms with Crippen molar-refractivity contribution in [2.75, 3.05) is 26.2 Å². The smallest absolute Gasteiger partial charge is 0.243 e. The normalized spacial score (nSPS) is 15.8. The molecule has 0 N–H and O–H groups in total. The van der Waals surface area contributed by atoms with E-state index < -0.39 is 10.0 Å². The summed E-state index contributed by atoms with van der Waals surface area (Å²) in [7, 11) is -3.52. The van der Waals surface area contributed by atoms with Crippen LogP contribution < -0.4 is 0 Å². The van der Waals surface area contributed by atoms with Crippen molar-refractivity contribution in [3.05, 3.63) is 84.1 Å². The second kappa shape index (κ2) is 8.66. The molecule has 3 heterocycles. The Kier molecular flexibility index (Phi) is 5.69.